The van der Waals surface area contributed by atoms with Crippen molar-refractivity contribution in [3.63, 3.8) is 0 Å². The summed E-state index contributed by atoms with van der Waals surface area (Å²) in [4.78, 5) is 31.3. The molecule has 131 heavy (non-hydrogen) atoms. The lowest BCUT2D eigenvalue weighted by molar-refractivity contribution is -0.110. The number of carboxylic acids is 1. The topological polar surface area (TPSA) is 237 Å². The molecule has 1 fully saturated rings. The molecule has 1 amide bonds. The Hall–Kier alpha value is -13.3. The predicted molar refractivity (Wildman–Crippen MR) is 536 cm³/mol. The van der Waals surface area contributed by atoms with E-state index >= 15 is 0 Å². The number of carbonyl (C=O) groups is 2. The van der Waals surface area contributed by atoms with Gasteiger partial charge in [-0.05, 0) is 239 Å². The summed E-state index contributed by atoms with van der Waals surface area (Å²) in [5.74, 6) is 4.55. The summed E-state index contributed by atoms with van der Waals surface area (Å²) in [6, 6.07) is 64.7. The number of rotatable bonds is 12. The first kappa shape index (κ1) is 87.0. The molecule has 23 heteroatoms. The minimum Gasteiger partial charge on any atom is -0.507 e. The van der Waals surface area contributed by atoms with Gasteiger partial charge in [-0.25, -0.2) is 18.5 Å². The summed E-state index contributed by atoms with van der Waals surface area (Å²) in [5, 5.41) is 52.8. The van der Waals surface area contributed by atoms with Crippen molar-refractivity contribution in [1.29, 1.82) is 0 Å². The fourth-order valence-corrected chi connectivity index (χ4v) is 30.3. The van der Waals surface area contributed by atoms with E-state index in [4.69, 9.17) is 39.2 Å². The van der Waals surface area contributed by atoms with Crippen molar-refractivity contribution in [2.45, 2.75) is 90.5 Å². The van der Waals surface area contributed by atoms with Crippen molar-refractivity contribution < 1.29 is 53.3 Å². The molecule has 9 N–H and O–H groups in total. The van der Waals surface area contributed by atoms with Crippen LogP contribution in [0.15, 0.2) is 221 Å². The highest BCUT2D eigenvalue weighted by Crippen LogP contribution is 2.47. The van der Waals surface area contributed by atoms with Crippen LogP contribution in [0, 0.1) is 6.92 Å². The van der Waals surface area contributed by atoms with Crippen molar-refractivity contribution in [3.8, 4) is 56.9 Å². The molecule has 0 bridgehead atoms. The van der Waals surface area contributed by atoms with E-state index in [1.807, 2.05) is 129 Å². The van der Waals surface area contributed by atoms with Gasteiger partial charge in [0, 0.05) is 121 Å². The fraction of sp³-hybridized carbons (Fsp3) is 0.278. The number of carboxylic acid groups (broad SMARTS) is 1. The molecule has 0 radical (unpaired) electrons. The second-order valence-corrected chi connectivity index (χ2v) is 51.0. The average Bonchev–Trinajstić information content (AvgIpc) is 0.712. The standard InChI is InChI=1S/C53H54N6O4Si.C28H31N2O3Si.C27H28N2O3Si/c1-30-23-32(8-18-39(30)50-43-19-9-33(54)25-48(43)64(5,6)49-26-34(55)10-20-44(49)50)52(60)58-36-13-11-35(12-14-36)57-29-31-7-17-40(45(24-31)53(61)62)51-41-21-15-37(56-2)27-46(41)63-47-28-38(59(3)4)16-22-42(47)51;1-29-10-12-32-24-14-19-26(16-21(24)29)34(4,5)27-17-22-25(33-13-11-30(22)2)15-20(27)28(19)18-8-6-7-9-23(18)31-3;1-28-9-11-31-23-13-18-25(15-20(23)28)33(3,4)26-16-21-24(32-12-10-29(21)2)14-19(26)27(18)17-7-5-6-8-22(17)30/h7-10,15-28,35-36,57H,11-14,29H2,1-6H3,(H5,54,55,58,60,61,62);6-9,14-17H,10-13H2,1-5H3;5-8,13-16H,9-12H2,1-4H3/q;+1;/p+3. The molecule has 0 spiro atoms. The molecule has 666 valence electrons. The number of likely N-dealkylation sites (N-methyl/N-ethyl adjacent to an activating group) is 4. The van der Waals surface area contributed by atoms with Gasteiger partial charge in [0.2, 0.25) is 16.1 Å². The maximum absolute atomic E-state index is 13.7. The maximum atomic E-state index is 13.7. The summed E-state index contributed by atoms with van der Waals surface area (Å²) < 4.78 is 43.4. The van der Waals surface area contributed by atoms with Crippen LogP contribution < -0.4 is 127 Å². The van der Waals surface area contributed by atoms with Gasteiger partial charge in [0.25, 0.3) is 5.91 Å². The van der Waals surface area contributed by atoms with Crippen molar-refractivity contribution in [2.24, 2.45) is 0 Å². The van der Waals surface area contributed by atoms with E-state index in [-0.39, 0.29) is 29.3 Å². The highest BCUT2D eigenvalue weighted by molar-refractivity contribution is 7.02. The van der Waals surface area contributed by atoms with Crippen LogP contribution in [0.25, 0.3) is 50.1 Å². The highest BCUT2D eigenvalue weighted by atomic mass is 28.3. The zero-order valence-corrected chi connectivity index (χ0v) is 80.5. The van der Waals surface area contributed by atoms with E-state index in [9.17, 15) is 19.8 Å². The number of fused-ring (bicyclic) bond motifs is 12. The third-order valence-corrected chi connectivity index (χ3v) is 39.1. The molecule has 0 aromatic heterocycles. The number of nitrogens with one attached hydrogen (secondary N) is 3. The Labute approximate surface area is 767 Å². The number of nitrogens with zero attached hydrogens (tertiary/aromatic N) is 5. The number of aryl methyl sites for hydroxylation is 1. The van der Waals surface area contributed by atoms with Crippen LogP contribution in [0.3, 0.4) is 0 Å². The van der Waals surface area contributed by atoms with E-state index in [0.717, 1.165) is 170 Å². The Morgan fingerprint density at radius 2 is 1.16 bits per heavy atom. The van der Waals surface area contributed by atoms with Gasteiger partial charge >= 0.3 is 5.97 Å². The Morgan fingerprint density at radius 1 is 0.580 bits per heavy atom. The Morgan fingerprint density at radius 3 is 1.77 bits per heavy atom. The number of aromatic carboxylic acids is 1. The van der Waals surface area contributed by atoms with E-state index in [0.29, 0.717) is 55.4 Å². The minimum absolute atomic E-state index is 0.0656. The SMILES string of the molecule is CN1CCOc2cc3c(cc21)[Si](C)(C)c1cc2c(cc1=C3c1ccccc1O)OCC[N+]=2C.CNc1ccc2c(-c3ccc(CNC4CCC(NC(=O)c5ccc(C6=C7C=CC(=[NH2+])C=C7[Si](C)(C)c7cc(N)ccc76)c(C)c5)CC4)cc3C(=O)O)c3ccc(=[N+](C)C)cc-3oc2c1.COc1ccccc1C1=c2cc3c(cc2[Si](C)(C)c2cc4c(cc21)OCCN4C)=[N+](C)CCO3. The number of anilines is 4. The molecule has 3 aliphatic carbocycles. The number of hydrogen-bond donors (Lipinski definition) is 7. The van der Waals surface area contributed by atoms with Crippen LogP contribution in [0.4, 0.5) is 22.7 Å². The largest absolute Gasteiger partial charge is 0.507 e. The van der Waals surface area contributed by atoms with Crippen LogP contribution in [0.5, 0.6) is 34.5 Å². The number of ether oxygens (including phenoxy) is 5. The van der Waals surface area contributed by atoms with E-state index in [1.165, 1.54) is 80.4 Å². The van der Waals surface area contributed by atoms with Gasteiger partial charge < -0.3 is 69.8 Å². The molecule has 10 aromatic rings. The van der Waals surface area contributed by atoms with Crippen molar-refractivity contribution in [1.82, 2.24) is 24.4 Å². The minimum atomic E-state index is -2.09. The smallest absolute Gasteiger partial charge is 0.336 e. The van der Waals surface area contributed by atoms with Crippen LogP contribution in [-0.2, 0) is 6.54 Å². The molecule has 0 saturated heterocycles. The van der Waals surface area contributed by atoms with Gasteiger partial charge in [-0.1, -0.05) is 99.9 Å². The van der Waals surface area contributed by atoms with Crippen molar-refractivity contribution in [2.75, 3.05) is 130 Å². The second kappa shape index (κ2) is 34.2. The number of nitrogen functional groups attached to an aromatic ring is 1. The molecule has 0 unspecified atom stereocenters. The van der Waals surface area contributed by atoms with E-state index in [1.54, 1.807) is 19.2 Å². The lowest BCUT2D eigenvalue weighted by Gasteiger charge is -2.37. The van der Waals surface area contributed by atoms with Gasteiger partial charge in [-0.15, -0.1) is 0 Å². The van der Waals surface area contributed by atoms with Crippen LogP contribution in [0.1, 0.15) is 90.9 Å². The lowest BCUT2D eigenvalue weighted by atomic mass is 9.87. The van der Waals surface area contributed by atoms with Crippen LogP contribution in [0.2, 0.25) is 39.3 Å². The maximum Gasteiger partial charge on any atom is 0.336 e. The number of benzene rings is 11. The monoisotopic (exact) mass is 1800 g/mol. The van der Waals surface area contributed by atoms with Gasteiger partial charge in [0.1, 0.15) is 113 Å². The molecule has 0 atom stereocenters. The second-order valence-electron chi connectivity index (χ2n) is 38.0. The Bertz CT molecular complexity index is 7280. The van der Waals surface area contributed by atoms with E-state index < -0.39 is 30.2 Å². The first-order valence-electron chi connectivity index (χ1n) is 45.6. The molecule has 21 rings (SSSR count). The number of para-hydroxylation sites is 2. The summed E-state index contributed by atoms with van der Waals surface area (Å²) in [7, 11) is 9.97. The molecule has 8 heterocycles. The quantitative estimate of drug-likeness (QED) is 0.0261. The van der Waals surface area contributed by atoms with Gasteiger partial charge in [0.15, 0.2) is 30.3 Å². The number of hydrogen-bond acceptors (Lipinski definition) is 14. The van der Waals surface area contributed by atoms with Crippen molar-refractivity contribution >= 4 is 118 Å². The molecular formula is C108H116N10O10Si3+4. The molecule has 20 nitrogen and oxygen atoms in total. The molecule has 10 aromatic carbocycles. The van der Waals surface area contributed by atoms with Crippen molar-refractivity contribution in [3.05, 3.63) is 299 Å². The molecular weight excluding hydrogens is 1680 g/mol. The third kappa shape index (κ3) is 15.6. The molecule has 8 aliphatic heterocycles. The Balaban J connectivity index is 0.000000139. The lowest BCUT2D eigenvalue weighted by Crippen LogP contribution is -2.64. The predicted octanol–water partition coefficient (Wildman–Crippen LogP) is 9.20. The first-order chi connectivity index (χ1) is 62.9. The summed E-state index contributed by atoms with van der Waals surface area (Å²) in [5.41, 5.74) is 28.2. The normalized spacial score (nSPS) is 17.8. The van der Waals surface area contributed by atoms with Gasteiger partial charge in [-0.2, -0.15) is 0 Å². The average molecular weight is 1800 g/mol. The molecule has 11 aliphatic rings. The highest BCUT2D eigenvalue weighted by Gasteiger charge is 2.44. The third-order valence-electron chi connectivity index (χ3n) is 28.6. The number of methoxy groups -OCH3 is 1. The van der Waals surface area contributed by atoms with Gasteiger partial charge in [-0.3, -0.25) is 10.2 Å². The number of phenols is 1. The number of amides is 1. The zero-order valence-electron chi connectivity index (χ0n) is 77.5. The number of phenolic OH excluding ortho intramolecular Hbond substituents is 1. The summed E-state index contributed by atoms with van der Waals surface area (Å²) in [6.07, 6.45) is 9.75. The van der Waals surface area contributed by atoms with Crippen LogP contribution in [-0.4, -0.2) is 173 Å². The van der Waals surface area contributed by atoms with E-state index in [2.05, 4.69) is 200 Å². The first-order valence-corrected chi connectivity index (χ1v) is 54.6. The Kier molecular flexibility index (Phi) is 22.7. The number of nitrogens with two attached hydrogens (primary N) is 2. The molecule has 1 saturated carbocycles. The van der Waals surface area contributed by atoms with Crippen LogP contribution >= 0.6 is 0 Å². The number of aromatic hydroxyl groups is 1. The number of carbonyl (C=O) groups excluding carboxylic acids is 1. The number of allylic oxidation sites excluding steroid dienone is 5. The summed E-state index contributed by atoms with van der Waals surface area (Å²) in [6.45, 7) is 23.5. The van der Waals surface area contributed by atoms with Gasteiger partial charge in [0.05, 0.1) is 43.2 Å². The zero-order chi connectivity index (χ0) is 91.5. The summed E-state index contributed by atoms with van der Waals surface area (Å²) >= 11 is 0. The fourth-order valence-electron chi connectivity index (χ4n) is 21.1.